The van der Waals surface area contributed by atoms with Gasteiger partial charge in [-0.3, -0.25) is 0 Å². The minimum atomic E-state index is 0.517. The van der Waals surface area contributed by atoms with Crippen LogP contribution in [0.3, 0.4) is 0 Å². The van der Waals surface area contributed by atoms with Crippen LogP contribution >= 0.6 is 35.8 Å². The van der Waals surface area contributed by atoms with E-state index in [0.717, 1.165) is 5.56 Å². The van der Waals surface area contributed by atoms with Gasteiger partial charge in [0.2, 0.25) is 0 Å². The third-order valence-corrected chi connectivity index (χ3v) is 1.95. The van der Waals surface area contributed by atoms with Gasteiger partial charge in [-0.1, -0.05) is 35.0 Å². The molecule has 3 heteroatoms. The Hall–Kier alpha value is -0.290. The number of thiol groups is 1. The molecule has 1 rings (SSSR count). The largest absolute Gasteiger partial charge is 0.166 e. The first kappa shape index (κ1) is 9.80. The lowest BCUT2D eigenvalue weighted by Gasteiger charge is -1.95. The molecule has 0 unspecified atom stereocenters. The van der Waals surface area contributed by atoms with Gasteiger partial charge in [0.05, 0.1) is 10.8 Å². The van der Waals surface area contributed by atoms with Gasteiger partial charge in [0.25, 0.3) is 0 Å². The fourth-order valence-electron chi connectivity index (χ4n) is 0.728. The van der Waals surface area contributed by atoms with Gasteiger partial charge in [-0.25, -0.2) is 0 Å². The van der Waals surface area contributed by atoms with E-state index in [4.69, 9.17) is 23.2 Å². The summed E-state index contributed by atoms with van der Waals surface area (Å²) in [5.41, 5.74) is 0.748. The summed E-state index contributed by atoms with van der Waals surface area (Å²) in [4.78, 5) is 0. The Morgan fingerprint density at radius 3 is 2.75 bits per heavy atom. The van der Waals surface area contributed by atoms with Crippen LogP contribution in [0.2, 0.25) is 10.0 Å². The number of rotatable bonds is 0. The maximum absolute atomic E-state index is 5.85. The molecule has 0 heterocycles. The minimum absolute atomic E-state index is 0.517. The predicted molar refractivity (Wildman–Crippen MR) is 57.2 cm³/mol. The Kier molecular flexibility index (Phi) is 3.81. The quantitative estimate of drug-likeness (QED) is 0.500. The molecule has 1 aromatic rings. The summed E-state index contributed by atoms with van der Waals surface area (Å²) >= 11 is 15.6. The average molecular weight is 217 g/mol. The molecule has 0 aliphatic heterocycles. The van der Waals surface area contributed by atoms with Gasteiger partial charge in [-0.05, 0) is 18.2 Å². The van der Waals surface area contributed by atoms with Crippen molar-refractivity contribution in [1.82, 2.24) is 0 Å². The van der Waals surface area contributed by atoms with Crippen molar-refractivity contribution in [1.29, 1.82) is 0 Å². The Morgan fingerprint density at radius 1 is 1.33 bits per heavy atom. The van der Waals surface area contributed by atoms with Gasteiger partial charge in [0.15, 0.2) is 0 Å². The fraction of sp³-hybridized carbons (Fsp3) is 0.111. The third-order valence-electron chi connectivity index (χ3n) is 1.23. The van der Waals surface area contributed by atoms with Crippen LogP contribution in [0, 0.1) is 11.8 Å². The highest BCUT2D eigenvalue weighted by molar-refractivity contribution is 7.80. The number of halogens is 2. The van der Waals surface area contributed by atoms with E-state index < -0.39 is 0 Å². The molecule has 0 radical (unpaired) electrons. The predicted octanol–water partition coefficient (Wildman–Crippen LogP) is 3.27. The zero-order chi connectivity index (χ0) is 8.97. The molecule has 0 fully saturated rings. The summed E-state index contributed by atoms with van der Waals surface area (Å²) in [6.45, 7) is 0. The molecule has 0 aliphatic carbocycles. The second-order valence-electron chi connectivity index (χ2n) is 2.08. The number of hydrogen-bond donors (Lipinski definition) is 1. The maximum Gasteiger partial charge on any atom is 0.0563 e. The van der Waals surface area contributed by atoms with Gasteiger partial charge < -0.3 is 0 Å². The molecule has 0 aromatic heterocycles. The molecule has 0 saturated carbocycles. The normalized spacial score (nSPS) is 8.92. The lowest BCUT2D eigenvalue weighted by molar-refractivity contribution is 1.64. The fourth-order valence-corrected chi connectivity index (χ4v) is 1.14. The molecule has 0 saturated heterocycles. The lowest BCUT2D eigenvalue weighted by Crippen LogP contribution is -1.76. The lowest BCUT2D eigenvalue weighted by atomic mass is 10.2. The zero-order valence-corrected chi connectivity index (χ0v) is 8.55. The highest BCUT2D eigenvalue weighted by Gasteiger charge is 1.96. The van der Waals surface area contributed by atoms with Crippen LogP contribution in [-0.4, -0.2) is 5.75 Å². The Bertz CT molecular complexity index is 336. The topological polar surface area (TPSA) is 0 Å². The summed E-state index contributed by atoms with van der Waals surface area (Å²) in [6.07, 6.45) is 0. The summed E-state index contributed by atoms with van der Waals surface area (Å²) in [7, 11) is 0. The van der Waals surface area contributed by atoms with Crippen molar-refractivity contribution in [2.24, 2.45) is 0 Å². The van der Waals surface area contributed by atoms with E-state index >= 15 is 0 Å². The van der Waals surface area contributed by atoms with Crippen LogP contribution in [-0.2, 0) is 0 Å². The first-order valence-electron chi connectivity index (χ1n) is 3.29. The standard InChI is InChI=1S/C9H6Cl2S/c10-8-3-4-9(11)7(6-8)2-1-5-12/h3-4,6,12H,5H2. The van der Waals surface area contributed by atoms with Crippen molar-refractivity contribution in [3.05, 3.63) is 33.8 Å². The molecule has 0 amide bonds. The van der Waals surface area contributed by atoms with Crippen LogP contribution in [0.5, 0.6) is 0 Å². The van der Waals surface area contributed by atoms with Crippen molar-refractivity contribution < 1.29 is 0 Å². The van der Waals surface area contributed by atoms with Crippen molar-refractivity contribution in [3.63, 3.8) is 0 Å². The minimum Gasteiger partial charge on any atom is -0.166 e. The average Bonchev–Trinajstić information content (AvgIpc) is 2.07. The number of hydrogen-bond acceptors (Lipinski definition) is 1. The summed E-state index contributed by atoms with van der Waals surface area (Å²) < 4.78 is 0. The second-order valence-corrected chi connectivity index (χ2v) is 3.24. The maximum atomic E-state index is 5.85. The van der Waals surface area contributed by atoms with Crippen molar-refractivity contribution >= 4 is 35.8 Å². The molecule has 0 spiro atoms. The van der Waals surface area contributed by atoms with Crippen LogP contribution in [0.15, 0.2) is 18.2 Å². The van der Waals surface area contributed by atoms with E-state index in [0.29, 0.717) is 15.8 Å². The van der Waals surface area contributed by atoms with Gasteiger partial charge in [0.1, 0.15) is 0 Å². The van der Waals surface area contributed by atoms with Crippen LogP contribution in [0.1, 0.15) is 5.56 Å². The highest BCUT2D eigenvalue weighted by Crippen LogP contribution is 2.19. The second kappa shape index (κ2) is 4.67. The molecular weight excluding hydrogens is 211 g/mol. The molecule has 0 atom stereocenters. The van der Waals surface area contributed by atoms with Crippen molar-refractivity contribution in [2.75, 3.05) is 5.75 Å². The van der Waals surface area contributed by atoms with Crippen LogP contribution < -0.4 is 0 Å². The molecule has 1 aromatic carbocycles. The van der Waals surface area contributed by atoms with Gasteiger partial charge in [0, 0.05) is 10.6 Å². The van der Waals surface area contributed by atoms with E-state index in [-0.39, 0.29) is 0 Å². The molecule has 0 nitrogen and oxygen atoms in total. The SMILES string of the molecule is SCC#Cc1cc(Cl)ccc1Cl. The first-order valence-corrected chi connectivity index (χ1v) is 4.67. The summed E-state index contributed by atoms with van der Waals surface area (Å²) in [6, 6.07) is 5.20. The van der Waals surface area contributed by atoms with Gasteiger partial charge in [-0.15, -0.1) is 0 Å². The van der Waals surface area contributed by atoms with E-state index in [2.05, 4.69) is 24.5 Å². The molecule has 0 bridgehead atoms. The van der Waals surface area contributed by atoms with E-state index in [1.807, 2.05) is 0 Å². The molecule has 0 N–H and O–H groups in total. The molecule has 12 heavy (non-hydrogen) atoms. The molecular formula is C9H6Cl2S. The van der Waals surface area contributed by atoms with Gasteiger partial charge in [-0.2, -0.15) is 12.6 Å². The highest BCUT2D eigenvalue weighted by atomic mass is 35.5. The Labute approximate surface area is 87.3 Å². The molecule has 62 valence electrons. The smallest absolute Gasteiger partial charge is 0.0563 e. The van der Waals surface area contributed by atoms with E-state index in [9.17, 15) is 0 Å². The third kappa shape index (κ3) is 2.64. The summed E-state index contributed by atoms with van der Waals surface area (Å²) in [5, 5.41) is 1.26. The number of benzene rings is 1. The Balaban J connectivity index is 3.05. The first-order chi connectivity index (χ1) is 5.74. The van der Waals surface area contributed by atoms with E-state index in [1.54, 1.807) is 18.2 Å². The zero-order valence-electron chi connectivity index (χ0n) is 6.14. The van der Waals surface area contributed by atoms with Crippen LogP contribution in [0.4, 0.5) is 0 Å². The van der Waals surface area contributed by atoms with Crippen LogP contribution in [0.25, 0.3) is 0 Å². The summed E-state index contributed by atoms with van der Waals surface area (Å²) in [5.74, 6) is 6.18. The molecule has 0 aliphatic rings. The monoisotopic (exact) mass is 216 g/mol. The Morgan fingerprint density at radius 2 is 2.08 bits per heavy atom. The van der Waals surface area contributed by atoms with E-state index in [1.165, 1.54) is 0 Å². The van der Waals surface area contributed by atoms with Crippen molar-refractivity contribution in [2.45, 2.75) is 0 Å². The van der Waals surface area contributed by atoms with Gasteiger partial charge >= 0.3 is 0 Å². The van der Waals surface area contributed by atoms with Crippen molar-refractivity contribution in [3.8, 4) is 11.8 Å².